The molecule has 0 bridgehead atoms. The van der Waals surface area contributed by atoms with E-state index in [1.165, 1.54) is 14.2 Å². The van der Waals surface area contributed by atoms with Crippen molar-refractivity contribution in [3.05, 3.63) is 41.0 Å². The van der Waals surface area contributed by atoms with E-state index in [0.717, 1.165) is 5.56 Å². The molecule has 190 valence electrons. The summed E-state index contributed by atoms with van der Waals surface area (Å²) in [6.45, 7) is 5.80. The molecule has 8 nitrogen and oxygen atoms in total. The molecule has 1 aliphatic heterocycles. The highest BCUT2D eigenvalue weighted by atomic mass is 79.9. The Morgan fingerprint density at radius 1 is 1.17 bits per heavy atom. The van der Waals surface area contributed by atoms with Gasteiger partial charge in [0.15, 0.2) is 17.3 Å². The molecule has 0 radical (unpaired) electrons. The fourth-order valence-corrected chi connectivity index (χ4v) is 4.57. The van der Waals surface area contributed by atoms with Gasteiger partial charge in [0.25, 0.3) is 0 Å². The topological polar surface area (TPSA) is 101 Å². The van der Waals surface area contributed by atoms with Crippen LogP contribution in [-0.2, 0) is 16.0 Å². The number of hydrogen-bond donors (Lipinski definition) is 1. The molecular formula is C26H31BrO8. The summed E-state index contributed by atoms with van der Waals surface area (Å²) in [7, 11) is 2.85. The van der Waals surface area contributed by atoms with Gasteiger partial charge in [-0.15, -0.1) is 0 Å². The van der Waals surface area contributed by atoms with Gasteiger partial charge >= 0.3 is 5.97 Å². The number of fused-ring (bicyclic) bond motifs is 1. The summed E-state index contributed by atoms with van der Waals surface area (Å²) in [5.41, 5.74) is 0.703. The molecule has 2 aromatic carbocycles. The number of phenolic OH excluding ortho intramolecular Hbond substituents is 1. The van der Waals surface area contributed by atoms with Crippen molar-refractivity contribution >= 4 is 27.7 Å². The van der Waals surface area contributed by atoms with E-state index in [-0.39, 0.29) is 47.8 Å². The maximum atomic E-state index is 13.2. The number of alkyl halides is 1. The van der Waals surface area contributed by atoms with Gasteiger partial charge in [-0.05, 0) is 44.4 Å². The van der Waals surface area contributed by atoms with Crippen molar-refractivity contribution in [3.63, 3.8) is 0 Å². The van der Waals surface area contributed by atoms with Crippen LogP contribution in [0, 0.1) is 6.92 Å². The number of phenols is 1. The molecule has 0 aromatic heterocycles. The fourth-order valence-electron chi connectivity index (χ4n) is 4.06. The number of hydrogen-bond acceptors (Lipinski definition) is 8. The first-order valence-corrected chi connectivity index (χ1v) is 12.3. The van der Waals surface area contributed by atoms with Crippen molar-refractivity contribution in [2.75, 3.05) is 27.4 Å². The number of carbonyl (C=O) groups excluding carboxylic acids is 2. The Bertz CT molecular complexity index is 1080. The largest absolute Gasteiger partial charge is 0.504 e. The van der Waals surface area contributed by atoms with Gasteiger partial charge in [-0.1, -0.05) is 35.0 Å². The molecule has 2 atom stereocenters. The van der Waals surface area contributed by atoms with Gasteiger partial charge in [0.1, 0.15) is 22.8 Å². The summed E-state index contributed by atoms with van der Waals surface area (Å²) in [5, 5.41) is 10.5. The Labute approximate surface area is 213 Å². The van der Waals surface area contributed by atoms with E-state index < -0.39 is 10.4 Å². The minimum atomic E-state index is -0.921. The molecule has 2 unspecified atom stereocenters. The number of carbonyl (C=O) groups is 2. The van der Waals surface area contributed by atoms with Crippen LogP contribution < -0.4 is 18.9 Å². The van der Waals surface area contributed by atoms with Crippen LogP contribution in [0.25, 0.3) is 0 Å². The number of ketones is 1. The highest BCUT2D eigenvalue weighted by Gasteiger charge is 2.44. The van der Waals surface area contributed by atoms with Crippen LogP contribution in [0.2, 0.25) is 0 Å². The molecule has 2 aromatic rings. The van der Waals surface area contributed by atoms with Crippen molar-refractivity contribution in [1.29, 1.82) is 0 Å². The van der Waals surface area contributed by atoms with Crippen molar-refractivity contribution in [2.24, 2.45) is 0 Å². The lowest BCUT2D eigenvalue weighted by molar-refractivity contribution is -0.142. The Morgan fingerprint density at radius 2 is 1.83 bits per heavy atom. The van der Waals surface area contributed by atoms with E-state index in [4.69, 9.17) is 23.7 Å². The monoisotopic (exact) mass is 550 g/mol. The van der Waals surface area contributed by atoms with Crippen LogP contribution in [0.1, 0.15) is 48.2 Å². The van der Waals surface area contributed by atoms with E-state index in [0.29, 0.717) is 36.3 Å². The number of ether oxygens (including phenoxy) is 5. The highest BCUT2D eigenvalue weighted by molar-refractivity contribution is 9.10. The molecule has 0 fully saturated rings. The lowest BCUT2D eigenvalue weighted by Crippen LogP contribution is -2.47. The van der Waals surface area contributed by atoms with Gasteiger partial charge in [-0.25, -0.2) is 0 Å². The van der Waals surface area contributed by atoms with Crippen LogP contribution in [0.3, 0.4) is 0 Å². The van der Waals surface area contributed by atoms with Crippen molar-refractivity contribution in [1.82, 2.24) is 0 Å². The summed E-state index contributed by atoms with van der Waals surface area (Å²) >= 11 is 3.36. The van der Waals surface area contributed by atoms with Crippen LogP contribution in [0.5, 0.6) is 28.7 Å². The normalized spacial score (nSPS) is 17.7. The lowest BCUT2D eigenvalue weighted by Gasteiger charge is -2.38. The SMILES string of the molecule is CCOC(=O)C(Br)Cc1ccc(OCC2(CC)CC(=O)c3c(C)c(O)c(OC)c(OC)c3O2)cc1. The lowest BCUT2D eigenvalue weighted by atomic mass is 9.86. The van der Waals surface area contributed by atoms with Crippen LogP contribution in [0.15, 0.2) is 24.3 Å². The molecule has 1 N–H and O–H groups in total. The van der Waals surface area contributed by atoms with E-state index in [1.807, 2.05) is 31.2 Å². The number of Topliss-reactive ketones (excluding diaryl/α,β-unsaturated/α-hetero) is 1. The number of methoxy groups -OCH3 is 2. The Kier molecular flexibility index (Phi) is 8.53. The summed E-state index contributed by atoms with van der Waals surface area (Å²) in [6, 6.07) is 7.38. The Balaban J connectivity index is 1.78. The predicted molar refractivity (Wildman–Crippen MR) is 134 cm³/mol. The van der Waals surface area contributed by atoms with Crippen LogP contribution in [0.4, 0.5) is 0 Å². The summed E-state index contributed by atoms with van der Waals surface area (Å²) < 4.78 is 28.2. The number of rotatable bonds is 10. The van der Waals surface area contributed by atoms with Crippen molar-refractivity contribution in [3.8, 4) is 28.7 Å². The molecule has 0 amide bonds. The third-order valence-electron chi connectivity index (χ3n) is 6.10. The Hall–Kier alpha value is -2.94. The smallest absolute Gasteiger partial charge is 0.320 e. The average Bonchev–Trinajstić information content (AvgIpc) is 2.85. The minimum Gasteiger partial charge on any atom is -0.504 e. The van der Waals surface area contributed by atoms with E-state index in [1.54, 1.807) is 13.8 Å². The highest BCUT2D eigenvalue weighted by Crippen LogP contribution is 2.52. The average molecular weight is 551 g/mol. The number of aromatic hydroxyl groups is 1. The molecular weight excluding hydrogens is 520 g/mol. The van der Waals surface area contributed by atoms with Crippen LogP contribution >= 0.6 is 15.9 Å². The molecule has 0 saturated carbocycles. The summed E-state index contributed by atoms with van der Waals surface area (Å²) in [6.07, 6.45) is 1.09. The van der Waals surface area contributed by atoms with Gasteiger partial charge in [0, 0.05) is 5.56 Å². The quantitative estimate of drug-likeness (QED) is 0.333. The molecule has 0 spiro atoms. The van der Waals surface area contributed by atoms with Gasteiger partial charge in [-0.2, -0.15) is 0 Å². The molecule has 9 heteroatoms. The maximum absolute atomic E-state index is 13.2. The zero-order valence-electron chi connectivity index (χ0n) is 20.6. The molecule has 35 heavy (non-hydrogen) atoms. The molecule has 0 saturated heterocycles. The van der Waals surface area contributed by atoms with Gasteiger partial charge in [-0.3, -0.25) is 9.59 Å². The minimum absolute atomic E-state index is 0.0924. The zero-order valence-corrected chi connectivity index (χ0v) is 22.2. The zero-order chi connectivity index (χ0) is 25.8. The number of halogens is 1. The van der Waals surface area contributed by atoms with Crippen molar-refractivity contribution in [2.45, 2.75) is 50.5 Å². The van der Waals surface area contributed by atoms with E-state index in [2.05, 4.69) is 15.9 Å². The number of esters is 1. The van der Waals surface area contributed by atoms with E-state index in [9.17, 15) is 14.7 Å². The van der Waals surface area contributed by atoms with Gasteiger partial charge < -0.3 is 28.8 Å². The molecule has 1 heterocycles. The second-order valence-corrected chi connectivity index (χ2v) is 9.44. The second kappa shape index (κ2) is 11.2. The van der Waals surface area contributed by atoms with Crippen LogP contribution in [-0.4, -0.2) is 54.7 Å². The Morgan fingerprint density at radius 3 is 2.40 bits per heavy atom. The van der Waals surface area contributed by atoms with Gasteiger partial charge in [0.2, 0.25) is 11.5 Å². The summed E-state index contributed by atoms with van der Waals surface area (Å²) in [4.78, 5) is 24.6. The fraction of sp³-hybridized carbons (Fsp3) is 0.462. The standard InChI is InChI=1S/C26H31BrO8/c1-6-26(14-34-17-10-8-16(9-11-17)12-18(27)25(30)33-7-2)13-19(28)20-15(3)21(29)23(31-4)24(32-5)22(20)35-26/h8-11,18,29H,6-7,12-14H2,1-5H3. The third kappa shape index (κ3) is 5.50. The van der Waals surface area contributed by atoms with Crippen molar-refractivity contribution < 1.29 is 38.4 Å². The number of benzene rings is 2. The maximum Gasteiger partial charge on any atom is 0.320 e. The first-order chi connectivity index (χ1) is 16.7. The molecule has 1 aliphatic rings. The first-order valence-electron chi connectivity index (χ1n) is 11.4. The molecule has 3 rings (SSSR count). The second-order valence-electron chi connectivity index (χ2n) is 8.34. The van der Waals surface area contributed by atoms with Gasteiger partial charge in [0.05, 0.1) is 32.8 Å². The predicted octanol–water partition coefficient (Wildman–Crippen LogP) is 4.78. The summed E-state index contributed by atoms with van der Waals surface area (Å²) in [5.74, 6) is 0.542. The molecule has 0 aliphatic carbocycles. The third-order valence-corrected chi connectivity index (χ3v) is 6.80. The first kappa shape index (κ1) is 26.7. The van der Waals surface area contributed by atoms with E-state index >= 15 is 0 Å².